The van der Waals surface area contributed by atoms with Crippen molar-refractivity contribution in [3.05, 3.63) is 0 Å². The third kappa shape index (κ3) is 2.81. The van der Waals surface area contributed by atoms with E-state index in [1.54, 1.807) is 0 Å². The largest absolute Gasteiger partial charge is 0.298 e. The van der Waals surface area contributed by atoms with Crippen molar-refractivity contribution in [3.63, 3.8) is 0 Å². The quantitative estimate of drug-likeness (QED) is 0.525. The molecule has 0 radical (unpaired) electrons. The molecule has 0 aromatic rings. The number of hydrogen-bond acceptors (Lipinski definition) is 5. The van der Waals surface area contributed by atoms with E-state index in [0.717, 1.165) is 0 Å². The summed E-state index contributed by atoms with van der Waals surface area (Å²) >= 11 is 0. The van der Waals surface area contributed by atoms with Gasteiger partial charge in [0.1, 0.15) is 6.07 Å². The summed E-state index contributed by atoms with van der Waals surface area (Å²) in [5.41, 5.74) is 0. The van der Waals surface area contributed by atoms with Gasteiger partial charge in [0, 0.05) is 0 Å². The van der Waals surface area contributed by atoms with Crippen molar-refractivity contribution in [2.45, 2.75) is 4.58 Å². The highest BCUT2D eigenvalue weighted by molar-refractivity contribution is 8.04. The van der Waals surface area contributed by atoms with Crippen LogP contribution in [0.1, 0.15) is 0 Å². The van der Waals surface area contributed by atoms with E-state index in [4.69, 9.17) is 14.4 Å². The van der Waals surface area contributed by atoms with Crippen molar-refractivity contribution in [1.29, 1.82) is 5.26 Å². The average Bonchev–Trinajstić information content (AvgIpc) is 1.56. The zero-order valence-electron chi connectivity index (χ0n) is 4.87. The second-order valence-corrected chi connectivity index (χ2v) is 4.79. The Labute approximate surface area is 62.8 Å². The van der Waals surface area contributed by atoms with E-state index in [9.17, 15) is 16.8 Å². The molecule has 0 unspecified atom stereocenters. The molecule has 0 aromatic heterocycles. The lowest BCUT2D eigenvalue weighted by molar-refractivity contribution is 0.464. The van der Waals surface area contributed by atoms with Crippen molar-refractivity contribution in [1.82, 2.24) is 0 Å². The Morgan fingerprint density at radius 1 is 1.09 bits per heavy atom. The van der Waals surface area contributed by atoms with Gasteiger partial charge in [-0.25, -0.2) is 0 Å². The second-order valence-electron chi connectivity index (χ2n) is 1.49. The summed E-state index contributed by atoms with van der Waals surface area (Å²) in [7, 11) is -10.1. The lowest BCUT2D eigenvalue weighted by atomic mass is 10.9. The van der Waals surface area contributed by atoms with Crippen molar-refractivity contribution in [2.75, 3.05) is 0 Å². The van der Waals surface area contributed by atoms with Crippen molar-refractivity contribution in [3.8, 4) is 6.07 Å². The van der Waals surface area contributed by atoms with Gasteiger partial charge in [0.25, 0.3) is 24.8 Å². The molecule has 0 fully saturated rings. The number of rotatable bonds is 2. The smallest absolute Gasteiger partial charge is 0.284 e. The summed E-state index contributed by atoms with van der Waals surface area (Å²) in [5.74, 6) is 0. The van der Waals surface area contributed by atoms with Gasteiger partial charge < -0.3 is 0 Å². The van der Waals surface area contributed by atoms with Crippen LogP contribution >= 0.6 is 0 Å². The van der Waals surface area contributed by atoms with Gasteiger partial charge in [0.15, 0.2) is 0 Å². The van der Waals surface area contributed by atoms with E-state index in [1.807, 2.05) is 0 Å². The van der Waals surface area contributed by atoms with Gasteiger partial charge in [-0.05, 0) is 0 Å². The Balaban J connectivity index is 5.27. The lowest BCUT2D eigenvalue weighted by Gasteiger charge is -1.98. The molecule has 0 atom stereocenters. The van der Waals surface area contributed by atoms with Crippen LogP contribution in [0.25, 0.3) is 0 Å². The molecule has 64 valence electrons. The SMILES string of the molecule is N#CC(S(=O)(=O)O)S(=O)(=O)O. The van der Waals surface area contributed by atoms with Crippen LogP contribution in [-0.4, -0.2) is 30.5 Å². The first kappa shape index (κ1) is 10.3. The highest BCUT2D eigenvalue weighted by Crippen LogP contribution is 2.03. The molecule has 0 amide bonds. The fourth-order valence-corrected chi connectivity index (χ4v) is 1.78. The van der Waals surface area contributed by atoms with E-state index >= 15 is 0 Å². The van der Waals surface area contributed by atoms with Crippen LogP contribution in [0.2, 0.25) is 0 Å². The van der Waals surface area contributed by atoms with Crippen LogP contribution in [0.15, 0.2) is 0 Å². The van der Waals surface area contributed by atoms with Crippen LogP contribution in [0, 0.1) is 11.3 Å². The molecule has 9 heteroatoms. The van der Waals surface area contributed by atoms with Crippen molar-refractivity contribution >= 4 is 20.2 Å². The first-order valence-electron chi connectivity index (χ1n) is 2.02. The molecule has 2 N–H and O–H groups in total. The molecule has 0 saturated carbocycles. The van der Waals surface area contributed by atoms with Gasteiger partial charge >= 0.3 is 0 Å². The minimum Gasteiger partial charge on any atom is -0.284 e. The highest BCUT2D eigenvalue weighted by Gasteiger charge is 2.35. The molecule has 0 aromatic carbocycles. The van der Waals surface area contributed by atoms with Crippen LogP contribution in [0.3, 0.4) is 0 Å². The summed E-state index contributed by atoms with van der Waals surface area (Å²) in [6.07, 6.45) is 0. The molecule has 0 aliphatic carbocycles. The monoisotopic (exact) mass is 201 g/mol. The average molecular weight is 201 g/mol. The second kappa shape index (κ2) is 2.74. The maximum Gasteiger partial charge on any atom is 0.298 e. The number of hydrogen-bond donors (Lipinski definition) is 2. The minimum atomic E-state index is -5.07. The predicted octanol–water partition coefficient (Wildman–Crippen LogP) is -1.39. The van der Waals surface area contributed by atoms with E-state index in [0.29, 0.717) is 6.07 Å². The Bertz CT molecular complexity index is 337. The Hall–Kier alpha value is -0.690. The zero-order chi connectivity index (χ0) is 9.28. The first-order chi connectivity index (χ1) is 4.69. The summed E-state index contributed by atoms with van der Waals surface area (Å²) in [4.78, 5) is 0. The molecule has 0 bridgehead atoms. The maximum absolute atomic E-state index is 10.0. The number of nitriles is 1. The third-order valence-electron chi connectivity index (χ3n) is 0.646. The van der Waals surface area contributed by atoms with Crippen LogP contribution in [0.4, 0.5) is 0 Å². The molecule has 0 heterocycles. The van der Waals surface area contributed by atoms with E-state index in [1.165, 1.54) is 0 Å². The first-order valence-corrected chi connectivity index (χ1v) is 5.02. The van der Waals surface area contributed by atoms with Crippen LogP contribution < -0.4 is 0 Å². The molecule has 0 aliphatic rings. The standard InChI is InChI=1S/C2H3NO6S2/c3-1-2(10(4,5)6)11(7,8)9/h2H,(H,4,5,6)(H,7,8,9). The van der Waals surface area contributed by atoms with E-state index in [-0.39, 0.29) is 0 Å². The molecule has 0 rings (SSSR count). The molecule has 0 spiro atoms. The molecular weight excluding hydrogens is 198 g/mol. The Kier molecular flexibility index (Phi) is 2.57. The molecule has 11 heavy (non-hydrogen) atoms. The van der Waals surface area contributed by atoms with Gasteiger partial charge in [0.05, 0.1) is 0 Å². The minimum absolute atomic E-state index is 0.706. The van der Waals surface area contributed by atoms with Gasteiger partial charge in [-0.2, -0.15) is 22.1 Å². The molecular formula is C2H3NO6S2. The molecule has 0 aliphatic heterocycles. The van der Waals surface area contributed by atoms with Crippen molar-refractivity contribution < 1.29 is 25.9 Å². The summed E-state index contributed by atoms with van der Waals surface area (Å²) in [6, 6.07) is 0.706. The Morgan fingerprint density at radius 2 is 1.36 bits per heavy atom. The predicted molar refractivity (Wildman–Crippen MR) is 32.5 cm³/mol. The van der Waals surface area contributed by atoms with Crippen LogP contribution in [0.5, 0.6) is 0 Å². The lowest BCUT2D eigenvalue weighted by Crippen LogP contribution is -2.27. The molecule has 7 nitrogen and oxygen atoms in total. The summed E-state index contributed by atoms with van der Waals surface area (Å²) in [6.45, 7) is 0. The summed E-state index contributed by atoms with van der Waals surface area (Å²) in [5, 5.41) is 7.87. The topological polar surface area (TPSA) is 133 Å². The normalized spacial score (nSPS) is 12.9. The van der Waals surface area contributed by atoms with Gasteiger partial charge in [-0.3, -0.25) is 9.11 Å². The van der Waals surface area contributed by atoms with Crippen LogP contribution in [-0.2, 0) is 20.2 Å². The third-order valence-corrected chi connectivity index (χ3v) is 3.40. The zero-order valence-corrected chi connectivity index (χ0v) is 6.50. The van der Waals surface area contributed by atoms with Gasteiger partial charge in [-0.15, -0.1) is 0 Å². The van der Waals surface area contributed by atoms with Gasteiger partial charge in [-0.1, -0.05) is 0 Å². The maximum atomic E-state index is 10.0. The Morgan fingerprint density at radius 3 is 1.36 bits per heavy atom. The fourth-order valence-electron chi connectivity index (χ4n) is 0.287. The van der Waals surface area contributed by atoms with Crippen molar-refractivity contribution in [2.24, 2.45) is 0 Å². The number of nitrogens with zero attached hydrogens (tertiary/aromatic N) is 1. The summed E-state index contributed by atoms with van der Waals surface area (Å²) < 4.78 is 53.2. The van der Waals surface area contributed by atoms with Gasteiger partial charge in [0.2, 0.25) is 0 Å². The highest BCUT2D eigenvalue weighted by atomic mass is 32.3. The fraction of sp³-hybridized carbons (Fsp3) is 0.500. The molecule has 0 saturated heterocycles. The van der Waals surface area contributed by atoms with E-state index in [2.05, 4.69) is 0 Å². The van der Waals surface area contributed by atoms with E-state index < -0.39 is 24.8 Å².